The standard InChI is InChI=1S/C18H11N3O3/c22-18(23)14-7-3-2-6-13(14)16-20-17(24-21-16)12-9-11-5-1-4-8-15(11)19-10-12/h1-10H,(H,22,23). The summed E-state index contributed by atoms with van der Waals surface area (Å²) in [5.41, 5.74) is 2.09. The molecule has 4 rings (SSSR count). The van der Waals surface area contributed by atoms with Gasteiger partial charge in [-0.1, -0.05) is 41.6 Å². The van der Waals surface area contributed by atoms with Crippen molar-refractivity contribution < 1.29 is 14.4 Å². The van der Waals surface area contributed by atoms with Gasteiger partial charge in [0.15, 0.2) is 0 Å². The van der Waals surface area contributed by atoms with Crippen LogP contribution in [0.25, 0.3) is 33.7 Å². The van der Waals surface area contributed by atoms with E-state index in [4.69, 9.17) is 4.52 Å². The molecule has 0 aliphatic carbocycles. The van der Waals surface area contributed by atoms with Crippen LogP contribution < -0.4 is 0 Å². The van der Waals surface area contributed by atoms with Gasteiger partial charge in [-0.05, 0) is 18.2 Å². The number of aromatic carboxylic acids is 1. The molecular formula is C18H11N3O3. The van der Waals surface area contributed by atoms with Crippen LogP contribution in [0.2, 0.25) is 0 Å². The quantitative estimate of drug-likeness (QED) is 0.620. The van der Waals surface area contributed by atoms with Gasteiger partial charge in [0, 0.05) is 17.1 Å². The van der Waals surface area contributed by atoms with E-state index in [9.17, 15) is 9.90 Å². The Kier molecular flexibility index (Phi) is 3.28. The van der Waals surface area contributed by atoms with Gasteiger partial charge in [-0.25, -0.2) is 4.79 Å². The highest BCUT2D eigenvalue weighted by molar-refractivity contribution is 5.95. The summed E-state index contributed by atoms with van der Waals surface area (Å²) in [6.45, 7) is 0. The van der Waals surface area contributed by atoms with E-state index in [0.717, 1.165) is 10.9 Å². The molecule has 0 aliphatic rings. The van der Waals surface area contributed by atoms with Crippen LogP contribution in [0.3, 0.4) is 0 Å². The summed E-state index contributed by atoms with van der Waals surface area (Å²) in [4.78, 5) is 20.0. The number of carboxylic acid groups (broad SMARTS) is 1. The van der Waals surface area contributed by atoms with Gasteiger partial charge < -0.3 is 9.63 Å². The first-order chi connectivity index (χ1) is 11.7. The number of para-hydroxylation sites is 1. The molecule has 6 nitrogen and oxygen atoms in total. The summed E-state index contributed by atoms with van der Waals surface area (Å²) < 4.78 is 5.29. The molecule has 0 bridgehead atoms. The van der Waals surface area contributed by atoms with E-state index in [0.29, 0.717) is 17.0 Å². The van der Waals surface area contributed by atoms with E-state index in [2.05, 4.69) is 15.1 Å². The largest absolute Gasteiger partial charge is 0.478 e. The van der Waals surface area contributed by atoms with Crippen LogP contribution >= 0.6 is 0 Å². The maximum absolute atomic E-state index is 11.3. The summed E-state index contributed by atoms with van der Waals surface area (Å²) in [6, 6.07) is 16.2. The first-order valence-corrected chi connectivity index (χ1v) is 7.24. The molecule has 0 spiro atoms. The monoisotopic (exact) mass is 317 g/mol. The van der Waals surface area contributed by atoms with Gasteiger partial charge in [0.2, 0.25) is 5.82 Å². The molecule has 2 aromatic carbocycles. The Labute approximate surface area is 136 Å². The van der Waals surface area contributed by atoms with Crippen LogP contribution in [0, 0.1) is 0 Å². The lowest BCUT2D eigenvalue weighted by atomic mass is 10.1. The fourth-order valence-corrected chi connectivity index (χ4v) is 2.50. The molecule has 116 valence electrons. The Balaban J connectivity index is 1.78. The molecule has 4 aromatic rings. The maximum atomic E-state index is 11.3. The Hall–Kier alpha value is -3.54. The number of hydrogen-bond donors (Lipinski definition) is 1. The van der Waals surface area contributed by atoms with Crippen LogP contribution in [0.4, 0.5) is 0 Å². The highest BCUT2D eigenvalue weighted by Gasteiger charge is 2.17. The van der Waals surface area contributed by atoms with E-state index in [1.165, 1.54) is 6.07 Å². The van der Waals surface area contributed by atoms with Crippen molar-refractivity contribution in [2.24, 2.45) is 0 Å². The zero-order chi connectivity index (χ0) is 16.5. The smallest absolute Gasteiger partial charge is 0.336 e. The molecule has 2 aromatic heterocycles. The third kappa shape index (κ3) is 2.40. The number of fused-ring (bicyclic) bond motifs is 1. The van der Waals surface area contributed by atoms with Crippen molar-refractivity contribution in [1.29, 1.82) is 0 Å². The molecule has 0 amide bonds. The van der Waals surface area contributed by atoms with Gasteiger partial charge in [0.25, 0.3) is 5.89 Å². The van der Waals surface area contributed by atoms with E-state index in [1.54, 1.807) is 24.4 Å². The number of carbonyl (C=O) groups is 1. The molecule has 2 heterocycles. The van der Waals surface area contributed by atoms with Crippen molar-refractivity contribution in [3.05, 3.63) is 66.4 Å². The number of hydrogen-bond acceptors (Lipinski definition) is 5. The zero-order valence-electron chi connectivity index (χ0n) is 12.4. The lowest BCUT2D eigenvalue weighted by Gasteiger charge is -2.00. The molecule has 1 N–H and O–H groups in total. The van der Waals surface area contributed by atoms with E-state index in [1.807, 2.05) is 30.3 Å². The van der Waals surface area contributed by atoms with Gasteiger partial charge in [-0.15, -0.1) is 0 Å². The topological polar surface area (TPSA) is 89.1 Å². The van der Waals surface area contributed by atoms with Crippen LogP contribution in [-0.4, -0.2) is 26.2 Å². The number of benzene rings is 2. The molecule has 6 heteroatoms. The SMILES string of the molecule is O=C(O)c1ccccc1-c1noc(-c2cnc3ccccc3c2)n1. The fraction of sp³-hybridized carbons (Fsp3) is 0. The lowest BCUT2D eigenvalue weighted by Crippen LogP contribution is -1.99. The summed E-state index contributed by atoms with van der Waals surface area (Å²) in [5, 5.41) is 14.1. The Morgan fingerprint density at radius 1 is 1.04 bits per heavy atom. The Morgan fingerprint density at radius 2 is 1.83 bits per heavy atom. The van der Waals surface area contributed by atoms with Gasteiger partial charge in [-0.2, -0.15) is 4.98 Å². The molecule has 0 saturated carbocycles. The second-order valence-corrected chi connectivity index (χ2v) is 5.19. The van der Waals surface area contributed by atoms with Crippen molar-refractivity contribution in [1.82, 2.24) is 15.1 Å². The predicted molar refractivity (Wildman–Crippen MR) is 87.4 cm³/mol. The average molecular weight is 317 g/mol. The molecule has 24 heavy (non-hydrogen) atoms. The highest BCUT2D eigenvalue weighted by atomic mass is 16.5. The van der Waals surface area contributed by atoms with Crippen molar-refractivity contribution >= 4 is 16.9 Å². The lowest BCUT2D eigenvalue weighted by molar-refractivity contribution is 0.0697. The zero-order valence-corrected chi connectivity index (χ0v) is 12.4. The third-order valence-corrected chi connectivity index (χ3v) is 3.66. The number of aromatic nitrogens is 3. The van der Waals surface area contributed by atoms with Crippen molar-refractivity contribution in [2.75, 3.05) is 0 Å². The highest BCUT2D eigenvalue weighted by Crippen LogP contribution is 2.26. The number of pyridine rings is 1. The molecule has 0 radical (unpaired) electrons. The maximum Gasteiger partial charge on any atom is 0.336 e. The second kappa shape index (κ2) is 5.58. The van der Waals surface area contributed by atoms with Crippen LogP contribution in [-0.2, 0) is 0 Å². The van der Waals surface area contributed by atoms with Gasteiger partial charge in [0.05, 0.1) is 16.6 Å². The van der Waals surface area contributed by atoms with Gasteiger partial charge in [0.1, 0.15) is 0 Å². The Morgan fingerprint density at radius 3 is 2.71 bits per heavy atom. The summed E-state index contributed by atoms with van der Waals surface area (Å²) in [7, 11) is 0. The minimum atomic E-state index is -1.04. The van der Waals surface area contributed by atoms with Gasteiger partial charge >= 0.3 is 5.97 Å². The van der Waals surface area contributed by atoms with Crippen molar-refractivity contribution in [2.45, 2.75) is 0 Å². The summed E-state index contributed by atoms with van der Waals surface area (Å²) >= 11 is 0. The number of carboxylic acids is 1. The van der Waals surface area contributed by atoms with Crippen molar-refractivity contribution in [3.63, 3.8) is 0 Å². The number of nitrogens with zero attached hydrogens (tertiary/aromatic N) is 3. The van der Waals surface area contributed by atoms with E-state index < -0.39 is 5.97 Å². The predicted octanol–water partition coefficient (Wildman–Crippen LogP) is 3.65. The summed E-state index contributed by atoms with van der Waals surface area (Å²) in [5.74, 6) is -0.510. The normalized spacial score (nSPS) is 10.8. The molecule has 0 aliphatic heterocycles. The van der Waals surface area contributed by atoms with Crippen LogP contribution in [0.15, 0.2) is 65.3 Å². The summed E-state index contributed by atoms with van der Waals surface area (Å²) in [6.07, 6.45) is 1.66. The molecule has 0 atom stereocenters. The number of rotatable bonds is 3. The van der Waals surface area contributed by atoms with Gasteiger partial charge in [-0.3, -0.25) is 4.98 Å². The minimum absolute atomic E-state index is 0.126. The van der Waals surface area contributed by atoms with Crippen molar-refractivity contribution in [3.8, 4) is 22.8 Å². The van der Waals surface area contributed by atoms with E-state index in [-0.39, 0.29) is 11.4 Å². The third-order valence-electron chi connectivity index (χ3n) is 3.66. The molecular weight excluding hydrogens is 306 g/mol. The Bertz CT molecular complexity index is 1060. The average Bonchev–Trinajstić information content (AvgIpc) is 3.11. The minimum Gasteiger partial charge on any atom is -0.478 e. The fourth-order valence-electron chi connectivity index (χ4n) is 2.50. The first kappa shape index (κ1) is 14.1. The molecule has 0 saturated heterocycles. The first-order valence-electron chi connectivity index (χ1n) is 7.24. The second-order valence-electron chi connectivity index (χ2n) is 5.19. The van der Waals surface area contributed by atoms with Crippen LogP contribution in [0.5, 0.6) is 0 Å². The van der Waals surface area contributed by atoms with Crippen LogP contribution in [0.1, 0.15) is 10.4 Å². The molecule has 0 unspecified atom stereocenters. The van der Waals surface area contributed by atoms with E-state index >= 15 is 0 Å². The molecule has 0 fully saturated rings.